The SMILES string of the molecule is COc1cc2c(cc1OC)C(c1cc(OC)c(OC)c(OC)c1)N(CC(O)CO)CC2. The van der Waals surface area contributed by atoms with Gasteiger partial charge >= 0.3 is 0 Å². The highest BCUT2D eigenvalue weighted by molar-refractivity contribution is 5.57. The number of aliphatic hydroxyl groups is 2. The van der Waals surface area contributed by atoms with Gasteiger partial charge in [-0.1, -0.05) is 0 Å². The third-order valence-corrected chi connectivity index (χ3v) is 5.63. The molecule has 2 aromatic rings. The first-order valence-electron chi connectivity index (χ1n) is 10.1. The van der Waals surface area contributed by atoms with Crippen molar-refractivity contribution in [3.05, 3.63) is 41.0 Å². The molecule has 2 atom stereocenters. The van der Waals surface area contributed by atoms with E-state index in [0.29, 0.717) is 41.8 Å². The molecule has 8 heteroatoms. The zero-order valence-corrected chi connectivity index (χ0v) is 18.7. The van der Waals surface area contributed by atoms with E-state index in [4.69, 9.17) is 23.7 Å². The molecule has 0 aromatic heterocycles. The Morgan fingerprint density at radius 3 is 1.97 bits per heavy atom. The largest absolute Gasteiger partial charge is 0.493 e. The Hall–Kier alpha value is -2.68. The predicted molar refractivity (Wildman–Crippen MR) is 116 cm³/mol. The minimum atomic E-state index is -0.855. The zero-order chi connectivity index (χ0) is 22.5. The summed E-state index contributed by atoms with van der Waals surface area (Å²) >= 11 is 0. The number of hydrogen-bond donors (Lipinski definition) is 2. The molecule has 2 aromatic carbocycles. The molecule has 0 amide bonds. The molecular formula is C23H31NO7. The first kappa shape index (κ1) is 23.0. The number of fused-ring (bicyclic) bond motifs is 1. The van der Waals surface area contributed by atoms with Gasteiger partial charge in [0.1, 0.15) is 0 Å². The molecule has 0 aliphatic carbocycles. The molecule has 1 heterocycles. The molecule has 1 aliphatic heterocycles. The van der Waals surface area contributed by atoms with Gasteiger partial charge in [-0.15, -0.1) is 0 Å². The third-order valence-electron chi connectivity index (χ3n) is 5.63. The number of aliphatic hydroxyl groups excluding tert-OH is 2. The van der Waals surface area contributed by atoms with Crippen molar-refractivity contribution in [1.29, 1.82) is 0 Å². The van der Waals surface area contributed by atoms with E-state index in [0.717, 1.165) is 23.1 Å². The van der Waals surface area contributed by atoms with Crippen molar-refractivity contribution in [2.24, 2.45) is 0 Å². The Kier molecular flexibility index (Phi) is 7.48. The van der Waals surface area contributed by atoms with Crippen molar-refractivity contribution in [2.75, 3.05) is 55.2 Å². The molecule has 0 spiro atoms. The maximum absolute atomic E-state index is 10.2. The summed E-state index contributed by atoms with van der Waals surface area (Å²) < 4.78 is 27.6. The van der Waals surface area contributed by atoms with Gasteiger partial charge in [-0.05, 0) is 47.4 Å². The number of methoxy groups -OCH3 is 5. The van der Waals surface area contributed by atoms with Crippen molar-refractivity contribution in [2.45, 2.75) is 18.6 Å². The first-order chi connectivity index (χ1) is 15.0. The Morgan fingerprint density at radius 2 is 1.45 bits per heavy atom. The Labute approximate surface area is 182 Å². The molecule has 170 valence electrons. The highest BCUT2D eigenvalue weighted by Gasteiger charge is 2.33. The van der Waals surface area contributed by atoms with Crippen LogP contribution in [0, 0.1) is 0 Å². The Balaban J connectivity index is 2.20. The van der Waals surface area contributed by atoms with Crippen LogP contribution in [0.5, 0.6) is 28.7 Å². The Bertz CT molecular complexity index is 877. The summed E-state index contributed by atoms with van der Waals surface area (Å²) in [5.41, 5.74) is 3.07. The van der Waals surface area contributed by atoms with Gasteiger partial charge in [0.05, 0.1) is 54.3 Å². The van der Waals surface area contributed by atoms with Crippen molar-refractivity contribution < 1.29 is 33.9 Å². The molecule has 1 aliphatic rings. The number of β-amino-alcohol motifs (C(OH)–C–C–N with tert-alkyl or cyclic N) is 1. The van der Waals surface area contributed by atoms with Gasteiger partial charge in [0, 0.05) is 13.1 Å². The fraction of sp³-hybridized carbons (Fsp3) is 0.478. The van der Waals surface area contributed by atoms with Crippen LogP contribution in [0.1, 0.15) is 22.7 Å². The highest BCUT2D eigenvalue weighted by Crippen LogP contribution is 2.45. The molecule has 0 saturated heterocycles. The van der Waals surface area contributed by atoms with Crippen LogP contribution in [0.3, 0.4) is 0 Å². The minimum Gasteiger partial charge on any atom is -0.493 e. The molecule has 0 saturated carbocycles. The summed E-state index contributed by atoms with van der Waals surface area (Å²) in [6, 6.07) is 7.57. The molecule has 0 fully saturated rings. The summed E-state index contributed by atoms with van der Waals surface area (Å²) in [6.45, 7) is 0.698. The van der Waals surface area contributed by atoms with E-state index in [9.17, 15) is 10.2 Å². The summed E-state index contributed by atoms with van der Waals surface area (Å²) in [5, 5.41) is 19.6. The maximum Gasteiger partial charge on any atom is 0.203 e. The van der Waals surface area contributed by atoms with Crippen LogP contribution >= 0.6 is 0 Å². The third kappa shape index (κ3) is 4.51. The lowest BCUT2D eigenvalue weighted by molar-refractivity contribution is 0.0473. The molecule has 3 rings (SSSR count). The van der Waals surface area contributed by atoms with Crippen LogP contribution in [0.25, 0.3) is 0 Å². The van der Waals surface area contributed by atoms with E-state index in [1.165, 1.54) is 0 Å². The first-order valence-corrected chi connectivity index (χ1v) is 10.1. The lowest BCUT2D eigenvalue weighted by Gasteiger charge is -2.39. The molecular weight excluding hydrogens is 402 g/mol. The maximum atomic E-state index is 10.2. The van der Waals surface area contributed by atoms with Crippen LogP contribution in [0.2, 0.25) is 0 Å². The fourth-order valence-corrected chi connectivity index (χ4v) is 4.17. The number of hydrogen-bond acceptors (Lipinski definition) is 8. The number of nitrogens with zero attached hydrogens (tertiary/aromatic N) is 1. The van der Waals surface area contributed by atoms with E-state index in [-0.39, 0.29) is 12.6 Å². The van der Waals surface area contributed by atoms with Gasteiger partial charge in [0.25, 0.3) is 0 Å². The summed E-state index contributed by atoms with van der Waals surface area (Å²) in [4.78, 5) is 2.13. The second kappa shape index (κ2) is 10.1. The van der Waals surface area contributed by atoms with Crippen LogP contribution in [0.4, 0.5) is 0 Å². The monoisotopic (exact) mass is 433 g/mol. The normalized spacial score (nSPS) is 16.9. The van der Waals surface area contributed by atoms with Crippen LogP contribution in [-0.2, 0) is 6.42 Å². The van der Waals surface area contributed by atoms with Gasteiger partial charge in [-0.3, -0.25) is 4.90 Å². The van der Waals surface area contributed by atoms with Gasteiger partial charge in [-0.25, -0.2) is 0 Å². The van der Waals surface area contributed by atoms with Gasteiger partial charge < -0.3 is 33.9 Å². The number of benzene rings is 2. The molecule has 2 N–H and O–H groups in total. The highest BCUT2D eigenvalue weighted by atomic mass is 16.5. The van der Waals surface area contributed by atoms with Gasteiger partial charge in [0.15, 0.2) is 23.0 Å². The second-order valence-corrected chi connectivity index (χ2v) is 7.35. The van der Waals surface area contributed by atoms with Crippen molar-refractivity contribution in [1.82, 2.24) is 4.90 Å². The van der Waals surface area contributed by atoms with Crippen LogP contribution in [-0.4, -0.2) is 76.5 Å². The summed E-state index contributed by atoms with van der Waals surface area (Å²) in [6.07, 6.45) is -0.0828. The molecule has 0 bridgehead atoms. The van der Waals surface area contributed by atoms with Crippen molar-refractivity contribution in [3.8, 4) is 28.7 Å². The number of ether oxygens (including phenoxy) is 5. The zero-order valence-electron chi connectivity index (χ0n) is 18.7. The summed E-state index contributed by atoms with van der Waals surface area (Å²) in [5.74, 6) is 2.91. The molecule has 0 radical (unpaired) electrons. The topological polar surface area (TPSA) is 89.9 Å². The predicted octanol–water partition coefficient (Wildman–Crippen LogP) is 2.03. The lowest BCUT2D eigenvalue weighted by Crippen LogP contribution is -2.41. The van der Waals surface area contributed by atoms with E-state index in [2.05, 4.69) is 4.90 Å². The van der Waals surface area contributed by atoms with Gasteiger partial charge in [0.2, 0.25) is 5.75 Å². The lowest BCUT2D eigenvalue weighted by atomic mass is 9.87. The summed E-state index contributed by atoms with van der Waals surface area (Å²) in [7, 11) is 7.95. The average molecular weight is 434 g/mol. The smallest absolute Gasteiger partial charge is 0.203 e. The Morgan fingerprint density at radius 1 is 0.871 bits per heavy atom. The standard InChI is InChI=1S/C23H31NO7/c1-27-18-8-14-6-7-24(12-16(26)13-25)22(17(14)11-19(18)28-2)15-9-20(29-3)23(31-5)21(10-15)30-4/h8-11,16,22,25-26H,6-7,12-13H2,1-5H3. The molecule has 31 heavy (non-hydrogen) atoms. The second-order valence-electron chi connectivity index (χ2n) is 7.35. The number of rotatable bonds is 9. The van der Waals surface area contributed by atoms with E-state index >= 15 is 0 Å². The quantitative estimate of drug-likeness (QED) is 0.621. The van der Waals surface area contributed by atoms with E-state index in [1.54, 1.807) is 35.5 Å². The van der Waals surface area contributed by atoms with Crippen molar-refractivity contribution in [3.63, 3.8) is 0 Å². The van der Waals surface area contributed by atoms with E-state index < -0.39 is 6.10 Å². The van der Waals surface area contributed by atoms with E-state index in [1.807, 2.05) is 24.3 Å². The van der Waals surface area contributed by atoms with Crippen LogP contribution in [0.15, 0.2) is 24.3 Å². The van der Waals surface area contributed by atoms with Crippen LogP contribution < -0.4 is 23.7 Å². The fourth-order valence-electron chi connectivity index (χ4n) is 4.17. The molecule has 8 nitrogen and oxygen atoms in total. The van der Waals surface area contributed by atoms with Gasteiger partial charge in [-0.2, -0.15) is 0 Å². The molecule has 2 unspecified atom stereocenters. The van der Waals surface area contributed by atoms with Crippen molar-refractivity contribution >= 4 is 0 Å². The average Bonchev–Trinajstić information content (AvgIpc) is 2.81. The minimum absolute atomic E-state index is 0.224.